The van der Waals surface area contributed by atoms with Crippen LogP contribution in [0.2, 0.25) is 0 Å². The van der Waals surface area contributed by atoms with E-state index in [0.717, 1.165) is 38.5 Å². The predicted molar refractivity (Wildman–Crippen MR) is 141 cm³/mol. The van der Waals surface area contributed by atoms with Crippen molar-refractivity contribution in [2.75, 3.05) is 81.6 Å². The van der Waals surface area contributed by atoms with Crippen molar-refractivity contribution in [1.29, 1.82) is 0 Å². The molecule has 11 heteroatoms. The highest BCUT2D eigenvalue weighted by Crippen LogP contribution is 2.22. The molecule has 4 rings (SSSR count). The van der Waals surface area contributed by atoms with Gasteiger partial charge in [-0.1, -0.05) is 31.1 Å². The van der Waals surface area contributed by atoms with E-state index in [2.05, 4.69) is 44.1 Å². The van der Waals surface area contributed by atoms with Crippen molar-refractivity contribution in [3.05, 3.63) is 41.7 Å². The maximum atomic E-state index is 12.8. The number of nitrogens with one attached hydrogen (secondary N) is 1. The van der Waals surface area contributed by atoms with E-state index in [0.29, 0.717) is 55.9 Å². The molecule has 3 heterocycles. The summed E-state index contributed by atoms with van der Waals surface area (Å²) in [7, 11) is 0. The summed E-state index contributed by atoms with van der Waals surface area (Å²) in [4.78, 5) is 33.0. The third-order valence-electron chi connectivity index (χ3n) is 6.45. The van der Waals surface area contributed by atoms with Crippen molar-refractivity contribution >= 4 is 29.6 Å². The quantitative estimate of drug-likeness (QED) is 0.324. The van der Waals surface area contributed by atoms with Gasteiger partial charge in [-0.3, -0.25) is 4.90 Å². The first-order valence-corrected chi connectivity index (χ1v) is 12.5. The molecule has 2 aliphatic heterocycles. The van der Waals surface area contributed by atoms with Crippen LogP contribution in [-0.4, -0.2) is 97.6 Å². The number of urea groups is 1. The summed E-state index contributed by atoms with van der Waals surface area (Å²) in [5.41, 5.74) is 8.78. The molecule has 36 heavy (non-hydrogen) atoms. The van der Waals surface area contributed by atoms with Gasteiger partial charge in [-0.25, -0.2) is 14.8 Å². The van der Waals surface area contributed by atoms with Gasteiger partial charge >= 0.3 is 6.03 Å². The van der Waals surface area contributed by atoms with Crippen molar-refractivity contribution in [1.82, 2.24) is 19.8 Å². The molecule has 0 saturated carbocycles. The third-order valence-corrected chi connectivity index (χ3v) is 6.45. The maximum absolute atomic E-state index is 12.8. The Kier molecular flexibility index (Phi) is 8.90. The van der Waals surface area contributed by atoms with Crippen LogP contribution in [0.4, 0.5) is 22.1 Å². The fourth-order valence-electron chi connectivity index (χ4n) is 4.19. The lowest BCUT2D eigenvalue weighted by Gasteiger charge is -2.35. The molecule has 2 aliphatic rings. The number of amides is 2. The second kappa shape index (κ2) is 12.5. The minimum Gasteiger partial charge on any atom is -0.394 e. The number of benzene rings is 1. The summed E-state index contributed by atoms with van der Waals surface area (Å²) < 4.78 is 5.36. The van der Waals surface area contributed by atoms with E-state index in [-0.39, 0.29) is 6.03 Å². The normalized spacial score (nSPS) is 17.1. The predicted octanol–water partition coefficient (Wildman–Crippen LogP) is 2.22. The first-order valence-electron chi connectivity index (χ1n) is 12.5. The number of nitrogens with two attached hydrogens (primary N) is 1. The molecule has 11 nitrogen and oxygen atoms in total. The molecule has 0 bridgehead atoms. The monoisotopic (exact) mass is 496 g/mol. The zero-order chi connectivity index (χ0) is 25.3. The van der Waals surface area contributed by atoms with E-state index in [9.17, 15) is 4.79 Å². The molecule has 0 atom stereocenters. The Morgan fingerprint density at radius 2 is 1.86 bits per heavy atom. The molecule has 2 fully saturated rings. The fourth-order valence-corrected chi connectivity index (χ4v) is 4.19. The van der Waals surface area contributed by atoms with Crippen molar-refractivity contribution in [3.8, 4) is 0 Å². The van der Waals surface area contributed by atoms with Crippen LogP contribution >= 0.6 is 0 Å². The summed E-state index contributed by atoms with van der Waals surface area (Å²) in [5, 5.41) is 7.10. The highest BCUT2D eigenvalue weighted by atomic mass is 16.6. The lowest BCUT2D eigenvalue weighted by atomic mass is 10.0. The largest absolute Gasteiger partial charge is 0.394 e. The lowest BCUT2D eigenvalue weighted by Crippen LogP contribution is -2.50. The van der Waals surface area contributed by atoms with Gasteiger partial charge in [0, 0.05) is 51.5 Å². The SMILES string of the molecule is CC(C)c1ccc(NC(=O)N2CCN(c3ncnc(N)c3/C=N/OCCN3CCOCC3)CC2)cc1. The third kappa shape index (κ3) is 6.82. The number of hydrogen-bond acceptors (Lipinski definition) is 9. The van der Waals surface area contributed by atoms with E-state index in [4.69, 9.17) is 15.3 Å². The summed E-state index contributed by atoms with van der Waals surface area (Å²) in [6.45, 7) is 11.3. The second-order valence-electron chi connectivity index (χ2n) is 9.20. The number of carbonyl (C=O) groups excluding carboxylic acids is 1. The number of ether oxygens (including phenoxy) is 1. The number of aromatic nitrogens is 2. The van der Waals surface area contributed by atoms with Gasteiger partial charge in [0.15, 0.2) is 0 Å². The number of hydrogen-bond donors (Lipinski definition) is 2. The molecule has 0 radical (unpaired) electrons. The molecule has 2 saturated heterocycles. The van der Waals surface area contributed by atoms with Gasteiger partial charge in [-0.15, -0.1) is 0 Å². The van der Waals surface area contributed by atoms with Crippen molar-refractivity contribution in [2.24, 2.45) is 5.16 Å². The minimum absolute atomic E-state index is 0.107. The Balaban J connectivity index is 1.29. The second-order valence-corrected chi connectivity index (χ2v) is 9.20. The van der Waals surface area contributed by atoms with Crippen molar-refractivity contribution < 1.29 is 14.4 Å². The Bertz CT molecular complexity index is 1020. The van der Waals surface area contributed by atoms with Crippen molar-refractivity contribution in [2.45, 2.75) is 19.8 Å². The van der Waals surface area contributed by atoms with Gasteiger partial charge in [-0.05, 0) is 23.6 Å². The molecule has 194 valence electrons. The summed E-state index contributed by atoms with van der Waals surface area (Å²) >= 11 is 0. The molecule has 0 aliphatic carbocycles. The van der Waals surface area contributed by atoms with E-state index in [1.807, 2.05) is 24.3 Å². The van der Waals surface area contributed by atoms with E-state index in [1.165, 1.54) is 11.9 Å². The fraction of sp³-hybridized carbons (Fsp3) is 0.520. The minimum atomic E-state index is -0.107. The summed E-state index contributed by atoms with van der Waals surface area (Å²) in [5.74, 6) is 1.48. The maximum Gasteiger partial charge on any atom is 0.321 e. The number of piperazine rings is 1. The summed E-state index contributed by atoms with van der Waals surface area (Å²) in [6.07, 6.45) is 3.02. The van der Waals surface area contributed by atoms with Gasteiger partial charge in [-0.2, -0.15) is 0 Å². The first kappa shape index (κ1) is 25.6. The number of carbonyl (C=O) groups is 1. The van der Waals surface area contributed by atoms with Crippen LogP contribution in [0.5, 0.6) is 0 Å². The Hall–Kier alpha value is -3.44. The Morgan fingerprint density at radius 1 is 1.14 bits per heavy atom. The molecular weight excluding hydrogens is 460 g/mol. The van der Waals surface area contributed by atoms with Crippen molar-refractivity contribution in [3.63, 3.8) is 0 Å². The van der Waals surface area contributed by atoms with Crippen LogP contribution in [0.25, 0.3) is 0 Å². The van der Waals surface area contributed by atoms with Crippen LogP contribution < -0.4 is 16.0 Å². The standard InChI is InChI=1S/C25H36N8O3/c1-19(2)20-3-5-21(6-4-20)30-25(34)33-9-7-32(8-10-33)24-22(23(26)27-18-28-24)17-29-36-16-13-31-11-14-35-15-12-31/h3-6,17-19H,7-16H2,1-2H3,(H,30,34)(H2,26,27,28)/b29-17+. The molecule has 0 spiro atoms. The van der Waals surface area contributed by atoms with Crippen LogP contribution in [-0.2, 0) is 9.57 Å². The van der Waals surface area contributed by atoms with Crippen LogP contribution in [0.1, 0.15) is 30.9 Å². The molecule has 1 aromatic carbocycles. The lowest BCUT2D eigenvalue weighted by molar-refractivity contribution is 0.0214. The number of nitrogen functional groups attached to an aromatic ring is 1. The van der Waals surface area contributed by atoms with Crippen LogP contribution in [0, 0.1) is 0 Å². The molecule has 3 N–H and O–H groups in total. The molecule has 2 amide bonds. The van der Waals surface area contributed by atoms with E-state index in [1.54, 1.807) is 11.1 Å². The molecule has 1 aromatic heterocycles. The highest BCUT2D eigenvalue weighted by molar-refractivity contribution is 5.92. The average Bonchev–Trinajstić information content (AvgIpc) is 2.90. The molecular formula is C25H36N8O3. The van der Waals surface area contributed by atoms with Gasteiger partial charge in [0.1, 0.15) is 24.6 Å². The molecule has 0 unspecified atom stereocenters. The number of nitrogens with zero attached hydrogens (tertiary/aromatic N) is 6. The number of anilines is 3. The van der Waals surface area contributed by atoms with Gasteiger partial charge < -0.3 is 30.4 Å². The average molecular weight is 497 g/mol. The summed E-state index contributed by atoms with van der Waals surface area (Å²) in [6, 6.07) is 7.88. The van der Waals surface area contributed by atoms with Crippen LogP contribution in [0.3, 0.4) is 0 Å². The van der Waals surface area contributed by atoms with Gasteiger partial charge in [0.25, 0.3) is 0 Å². The van der Waals surface area contributed by atoms with Gasteiger partial charge in [0.2, 0.25) is 0 Å². The Morgan fingerprint density at radius 3 is 2.56 bits per heavy atom. The molecule has 2 aromatic rings. The smallest absolute Gasteiger partial charge is 0.321 e. The van der Waals surface area contributed by atoms with E-state index < -0.39 is 0 Å². The first-order chi connectivity index (χ1) is 17.5. The zero-order valence-electron chi connectivity index (χ0n) is 21.1. The highest BCUT2D eigenvalue weighted by Gasteiger charge is 2.24. The number of oxime groups is 1. The number of morpholine rings is 1. The topological polar surface area (TPSA) is 121 Å². The van der Waals surface area contributed by atoms with Crippen LogP contribution in [0.15, 0.2) is 35.7 Å². The number of rotatable bonds is 8. The van der Waals surface area contributed by atoms with Gasteiger partial charge in [0.05, 0.1) is 25.0 Å². The zero-order valence-corrected chi connectivity index (χ0v) is 21.1. The van der Waals surface area contributed by atoms with E-state index >= 15 is 0 Å². The Labute approximate surface area is 212 Å².